The standard InChI is InChI=1S/C13H18N4O3/c1-5-10-11(8(2)20-15-10)14-6-9-7-16(3)13(19)17(4)12(9)18/h7,14H,5-6H2,1-4H3. The molecule has 2 aromatic heterocycles. The Morgan fingerprint density at radius 3 is 2.70 bits per heavy atom. The third-order valence-corrected chi connectivity index (χ3v) is 3.24. The number of hydrogen-bond donors (Lipinski definition) is 1. The first-order valence-corrected chi connectivity index (χ1v) is 6.40. The predicted octanol–water partition coefficient (Wildman–Crippen LogP) is 0.555. The number of rotatable bonds is 4. The van der Waals surface area contributed by atoms with Crippen LogP contribution in [0.1, 0.15) is 23.9 Å². The number of aryl methyl sites for hydroxylation is 3. The molecule has 0 aromatic carbocycles. The Morgan fingerprint density at radius 1 is 1.35 bits per heavy atom. The Balaban J connectivity index is 2.30. The van der Waals surface area contributed by atoms with Crippen LogP contribution >= 0.6 is 0 Å². The molecule has 2 rings (SSSR count). The highest BCUT2D eigenvalue weighted by Gasteiger charge is 2.12. The number of nitrogens with one attached hydrogen (secondary N) is 1. The molecule has 108 valence electrons. The maximum atomic E-state index is 12.0. The third kappa shape index (κ3) is 2.38. The molecular weight excluding hydrogens is 260 g/mol. The molecular formula is C13H18N4O3. The Kier molecular flexibility index (Phi) is 3.78. The van der Waals surface area contributed by atoms with Gasteiger partial charge >= 0.3 is 5.69 Å². The number of aromatic nitrogens is 3. The van der Waals surface area contributed by atoms with Gasteiger partial charge in [-0.1, -0.05) is 12.1 Å². The Hall–Kier alpha value is -2.31. The lowest BCUT2D eigenvalue weighted by molar-refractivity contribution is 0.391. The van der Waals surface area contributed by atoms with Crippen LogP contribution in [0.3, 0.4) is 0 Å². The normalized spacial score (nSPS) is 10.8. The van der Waals surface area contributed by atoms with Crippen LogP contribution in [-0.2, 0) is 27.1 Å². The summed E-state index contributed by atoms with van der Waals surface area (Å²) in [7, 11) is 3.09. The van der Waals surface area contributed by atoms with Crippen LogP contribution < -0.4 is 16.6 Å². The summed E-state index contributed by atoms with van der Waals surface area (Å²) in [5.74, 6) is 0.684. The Morgan fingerprint density at radius 2 is 2.05 bits per heavy atom. The fraction of sp³-hybridized carbons (Fsp3) is 0.462. The van der Waals surface area contributed by atoms with Crippen molar-refractivity contribution in [3.05, 3.63) is 44.1 Å². The molecule has 0 fully saturated rings. The number of hydrogen-bond acceptors (Lipinski definition) is 5. The molecule has 0 aliphatic heterocycles. The molecule has 7 nitrogen and oxygen atoms in total. The molecule has 0 bridgehead atoms. The number of nitrogens with zero attached hydrogens (tertiary/aromatic N) is 3. The van der Waals surface area contributed by atoms with Gasteiger partial charge in [-0.3, -0.25) is 9.36 Å². The maximum Gasteiger partial charge on any atom is 0.330 e. The van der Waals surface area contributed by atoms with E-state index >= 15 is 0 Å². The minimum Gasteiger partial charge on any atom is -0.376 e. The zero-order valence-corrected chi connectivity index (χ0v) is 12.1. The predicted molar refractivity (Wildman–Crippen MR) is 74.9 cm³/mol. The van der Waals surface area contributed by atoms with Gasteiger partial charge in [0.1, 0.15) is 11.4 Å². The minimum absolute atomic E-state index is 0.298. The van der Waals surface area contributed by atoms with Crippen molar-refractivity contribution in [3.63, 3.8) is 0 Å². The van der Waals surface area contributed by atoms with Crippen LogP contribution in [0.4, 0.5) is 5.69 Å². The second-order valence-corrected chi connectivity index (χ2v) is 4.68. The van der Waals surface area contributed by atoms with Crippen LogP contribution in [0, 0.1) is 6.92 Å². The van der Waals surface area contributed by atoms with Crippen LogP contribution in [-0.4, -0.2) is 14.3 Å². The molecule has 1 N–H and O–H groups in total. The van der Waals surface area contributed by atoms with E-state index in [0.717, 1.165) is 22.4 Å². The largest absolute Gasteiger partial charge is 0.376 e. The zero-order valence-electron chi connectivity index (χ0n) is 12.1. The third-order valence-electron chi connectivity index (χ3n) is 3.24. The van der Waals surface area contributed by atoms with Crippen molar-refractivity contribution in [3.8, 4) is 0 Å². The summed E-state index contributed by atoms with van der Waals surface area (Å²) in [6, 6.07) is 0. The van der Waals surface area contributed by atoms with Gasteiger partial charge in [-0.2, -0.15) is 0 Å². The van der Waals surface area contributed by atoms with Crippen LogP contribution in [0.15, 0.2) is 20.3 Å². The summed E-state index contributed by atoms with van der Waals surface area (Å²) < 4.78 is 7.60. The fourth-order valence-electron chi connectivity index (χ4n) is 2.07. The van der Waals surface area contributed by atoms with Crippen LogP contribution in [0.2, 0.25) is 0 Å². The second-order valence-electron chi connectivity index (χ2n) is 4.68. The van der Waals surface area contributed by atoms with E-state index in [2.05, 4.69) is 10.5 Å². The fourth-order valence-corrected chi connectivity index (χ4v) is 2.07. The van der Waals surface area contributed by atoms with E-state index in [1.807, 2.05) is 13.8 Å². The number of anilines is 1. The lowest BCUT2D eigenvalue weighted by Crippen LogP contribution is -2.38. The molecule has 0 radical (unpaired) electrons. The van der Waals surface area contributed by atoms with Gasteiger partial charge < -0.3 is 14.4 Å². The highest BCUT2D eigenvalue weighted by atomic mass is 16.5. The highest BCUT2D eigenvalue weighted by Crippen LogP contribution is 2.20. The quantitative estimate of drug-likeness (QED) is 0.883. The Labute approximate surface area is 115 Å². The van der Waals surface area contributed by atoms with E-state index in [-0.39, 0.29) is 11.2 Å². The molecule has 0 atom stereocenters. The first kappa shape index (κ1) is 14.1. The van der Waals surface area contributed by atoms with Gasteiger partial charge in [-0.15, -0.1) is 0 Å². The van der Waals surface area contributed by atoms with E-state index in [0.29, 0.717) is 17.9 Å². The monoisotopic (exact) mass is 278 g/mol. The lowest BCUT2D eigenvalue weighted by Gasteiger charge is -2.09. The molecule has 0 aliphatic carbocycles. The van der Waals surface area contributed by atoms with E-state index in [4.69, 9.17) is 4.52 Å². The van der Waals surface area contributed by atoms with Gasteiger partial charge in [0.2, 0.25) is 0 Å². The SMILES string of the molecule is CCc1noc(C)c1NCc1cn(C)c(=O)n(C)c1=O. The van der Waals surface area contributed by atoms with Crippen molar-refractivity contribution in [2.45, 2.75) is 26.8 Å². The average molecular weight is 278 g/mol. The van der Waals surface area contributed by atoms with Crippen molar-refractivity contribution < 1.29 is 4.52 Å². The Bertz CT molecular complexity index is 739. The van der Waals surface area contributed by atoms with E-state index in [1.54, 1.807) is 13.2 Å². The van der Waals surface area contributed by atoms with Gasteiger partial charge in [0.05, 0.1) is 5.56 Å². The smallest absolute Gasteiger partial charge is 0.330 e. The van der Waals surface area contributed by atoms with Crippen LogP contribution in [0.5, 0.6) is 0 Å². The summed E-state index contributed by atoms with van der Waals surface area (Å²) in [5, 5.41) is 7.10. The van der Waals surface area contributed by atoms with E-state index in [1.165, 1.54) is 11.6 Å². The maximum absolute atomic E-state index is 12.0. The first-order valence-electron chi connectivity index (χ1n) is 6.40. The van der Waals surface area contributed by atoms with Gasteiger partial charge in [0.15, 0.2) is 5.76 Å². The molecule has 0 amide bonds. The molecule has 0 saturated carbocycles. The highest BCUT2D eigenvalue weighted by molar-refractivity contribution is 5.50. The molecule has 0 unspecified atom stereocenters. The summed E-state index contributed by atoms with van der Waals surface area (Å²) in [6.45, 7) is 4.11. The first-order chi connectivity index (χ1) is 9.45. The van der Waals surface area contributed by atoms with Crippen molar-refractivity contribution in [1.29, 1.82) is 0 Å². The van der Waals surface area contributed by atoms with Crippen molar-refractivity contribution in [2.24, 2.45) is 14.1 Å². The molecule has 0 saturated heterocycles. The molecule has 2 aromatic rings. The lowest BCUT2D eigenvalue weighted by atomic mass is 10.2. The summed E-state index contributed by atoms with van der Waals surface area (Å²) >= 11 is 0. The summed E-state index contributed by atoms with van der Waals surface area (Å²) in [5.41, 5.74) is 1.51. The van der Waals surface area contributed by atoms with Gasteiger partial charge in [0, 0.05) is 26.8 Å². The topological polar surface area (TPSA) is 82.1 Å². The van der Waals surface area contributed by atoms with E-state index in [9.17, 15) is 9.59 Å². The molecule has 0 aliphatic rings. The van der Waals surface area contributed by atoms with Gasteiger partial charge in [-0.05, 0) is 13.3 Å². The minimum atomic E-state index is -0.339. The van der Waals surface area contributed by atoms with Crippen LogP contribution in [0.25, 0.3) is 0 Å². The summed E-state index contributed by atoms with van der Waals surface area (Å²) in [6.07, 6.45) is 2.29. The zero-order chi connectivity index (χ0) is 14.9. The molecule has 7 heteroatoms. The van der Waals surface area contributed by atoms with Crippen molar-refractivity contribution in [2.75, 3.05) is 5.32 Å². The van der Waals surface area contributed by atoms with E-state index < -0.39 is 0 Å². The summed E-state index contributed by atoms with van der Waals surface area (Å²) in [4.78, 5) is 23.6. The molecule has 2 heterocycles. The average Bonchev–Trinajstić information content (AvgIpc) is 2.79. The van der Waals surface area contributed by atoms with Crippen molar-refractivity contribution in [1.82, 2.24) is 14.3 Å². The second kappa shape index (κ2) is 5.36. The molecule has 20 heavy (non-hydrogen) atoms. The molecule has 0 spiro atoms. The van der Waals surface area contributed by atoms with Gasteiger partial charge in [0.25, 0.3) is 5.56 Å². The van der Waals surface area contributed by atoms with Gasteiger partial charge in [-0.25, -0.2) is 4.79 Å². The van der Waals surface area contributed by atoms with Crippen molar-refractivity contribution >= 4 is 5.69 Å².